The van der Waals surface area contributed by atoms with Gasteiger partial charge in [-0.3, -0.25) is 5.10 Å². The first-order valence-corrected chi connectivity index (χ1v) is 8.48. The second-order valence-electron chi connectivity index (χ2n) is 5.09. The van der Waals surface area contributed by atoms with E-state index in [4.69, 9.17) is 17.0 Å². The summed E-state index contributed by atoms with van der Waals surface area (Å²) < 4.78 is 9.00. The highest BCUT2D eigenvalue weighted by atomic mass is 79.9. The van der Waals surface area contributed by atoms with Gasteiger partial charge in [0.2, 0.25) is 4.77 Å². The highest BCUT2D eigenvalue weighted by molar-refractivity contribution is 9.10. The lowest BCUT2D eigenvalue weighted by atomic mass is 10.2. The van der Waals surface area contributed by atoms with Crippen LogP contribution in [0.4, 0.5) is 0 Å². The molecule has 0 aliphatic carbocycles. The highest BCUT2D eigenvalue weighted by Gasteiger charge is 2.03. The lowest BCUT2D eigenvalue weighted by Gasteiger charge is -2.09. The Morgan fingerprint density at radius 3 is 2.71 bits per heavy atom. The van der Waals surface area contributed by atoms with E-state index < -0.39 is 0 Å². The number of para-hydroxylation sites is 1. The van der Waals surface area contributed by atoms with Crippen molar-refractivity contribution in [3.05, 3.63) is 74.7 Å². The van der Waals surface area contributed by atoms with Crippen molar-refractivity contribution in [1.29, 1.82) is 0 Å². The minimum Gasteiger partial charge on any atom is -0.488 e. The van der Waals surface area contributed by atoms with E-state index in [2.05, 4.69) is 31.2 Å². The Balaban J connectivity index is 1.78. The molecule has 1 heterocycles. The minimum atomic E-state index is 0.456. The lowest BCUT2D eigenvalue weighted by molar-refractivity contribution is 0.306. The fourth-order valence-electron chi connectivity index (χ4n) is 2.09. The van der Waals surface area contributed by atoms with Crippen LogP contribution in [0, 0.1) is 11.7 Å². The van der Waals surface area contributed by atoms with Crippen LogP contribution < -0.4 is 4.74 Å². The molecule has 3 aromatic rings. The maximum atomic E-state index is 5.93. The summed E-state index contributed by atoms with van der Waals surface area (Å²) in [6.45, 7) is 2.32. The number of rotatable bonds is 5. The van der Waals surface area contributed by atoms with Crippen molar-refractivity contribution in [2.45, 2.75) is 13.5 Å². The van der Waals surface area contributed by atoms with E-state index in [1.54, 1.807) is 10.9 Å². The van der Waals surface area contributed by atoms with Gasteiger partial charge < -0.3 is 4.74 Å². The molecule has 5 nitrogen and oxygen atoms in total. The van der Waals surface area contributed by atoms with Crippen LogP contribution in [0.1, 0.15) is 17.0 Å². The van der Waals surface area contributed by atoms with Crippen LogP contribution >= 0.6 is 28.1 Å². The Labute approximate surface area is 153 Å². The number of aromatic nitrogens is 3. The number of benzene rings is 2. The van der Waals surface area contributed by atoms with Crippen LogP contribution in [-0.2, 0) is 6.61 Å². The molecule has 0 atom stereocenters. The molecule has 2 aromatic carbocycles. The summed E-state index contributed by atoms with van der Waals surface area (Å²) in [4.78, 5) is 0. The summed E-state index contributed by atoms with van der Waals surface area (Å²) in [5.41, 5.74) is 1.97. The van der Waals surface area contributed by atoms with Gasteiger partial charge in [-0.15, -0.1) is 0 Å². The van der Waals surface area contributed by atoms with Gasteiger partial charge in [-0.1, -0.05) is 40.2 Å². The third-order valence-corrected chi connectivity index (χ3v) is 4.14. The van der Waals surface area contributed by atoms with Crippen molar-refractivity contribution in [3.63, 3.8) is 0 Å². The first-order valence-electron chi connectivity index (χ1n) is 7.28. The number of nitrogens with zero attached hydrogens (tertiary/aromatic N) is 3. The number of ether oxygens (including phenoxy) is 1. The molecule has 0 aliphatic heterocycles. The molecule has 1 N–H and O–H groups in total. The summed E-state index contributed by atoms with van der Waals surface area (Å²) in [7, 11) is 0. The molecule has 0 amide bonds. The molecule has 0 unspecified atom stereocenters. The SMILES string of the molecule is Cc1n[nH]c(=S)n1/N=C\c1ccccc1OCc1ccc(Br)cc1. The van der Waals surface area contributed by atoms with Gasteiger partial charge in [0.1, 0.15) is 18.2 Å². The third kappa shape index (κ3) is 3.98. The van der Waals surface area contributed by atoms with Gasteiger partial charge in [0, 0.05) is 10.0 Å². The van der Waals surface area contributed by atoms with Crippen molar-refractivity contribution < 1.29 is 4.74 Å². The normalized spacial score (nSPS) is 11.1. The number of hydrogen-bond donors (Lipinski definition) is 1. The number of nitrogens with one attached hydrogen (secondary N) is 1. The Morgan fingerprint density at radius 2 is 2.00 bits per heavy atom. The predicted octanol–water partition coefficient (Wildman–Crippen LogP) is 4.47. The van der Waals surface area contributed by atoms with Crippen molar-refractivity contribution in [1.82, 2.24) is 14.9 Å². The zero-order chi connectivity index (χ0) is 16.9. The fraction of sp³-hybridized carbons (Fsp3) is 0.118. The van der Waals surface area contributed by atoms with E-state index in [9.17, 15) is 0 Å². The standard InChI is InChI=1S/C17H15BrN4OS/c1-12-20-21-17(24)22(12)19-10-14-4-2-3-5-16(14)23-11-13-6-8-15(18)9-7-13/h2-10H,11H2,1H3,(H,21,24)/b19-10-. The van der Waals surface area contributed by atoms with Gasteiger partial charge in [-0.05, 0) is 49.0 Å². The molecule has 3 rings (SSSR count). The van der Waals surface area contributed by atoms with E-state index in [1.165, 1.54) is 0 Å². The number of H-pyrrole nitrogens is 1. The van der Waals surface area contributed by atoms with Crippen LogP contribution in [0.5, 0.6) is 5.75 Å². The fourth-order valence-corrected chi connectivity index (χ4v) is 2.58. The van der Waals surface area contributed by atoms with Gasteiger partial charge >= 0.3 is 0 Å². The van der Waals surface area contributed by atoms with Crippen molar-refractivity contribution >= 4 is 34.4 Å². The van der Waals surface area contributed by atoms with Crippen LogP contribution in [0.3, 0.4) is 0 Å². The average molecular weight is 403 g/mol. The molecule has 0 fully saturated rings. The monoisotopic (exact) mass is 402 g/mol. The average Bonchev–Trinajstić information content (AvgIpc) is 2.91. The zero-order valence-corrected chi connectivity index (χ0v) is 15.3. The number of aromatic amines is 1. The number of hydrogen-bond acceptors (Lipinski definition) is 4. The molecule has 0 aliphatic rings. The van der Waals surface area contributed by atoms with Crippen molar-refractivity contribution in [2.75, 3.05) is 0 Å². The molecule has 24 heavy (non-hydrogen) atoms. The zero-order valence-electron chi connectivity index (χ0n) is 12.9. The molecular formula is C17H15BrN4OS. The topological polar surface area (TPSA) is 55.2 Å². The Hall–Kier alpha value is -2.25. The second kappa shape index (κ2) is 7.55. The van der Waals surface area contributed by atoms with E-state index in [0.717, 1.165) is 21.3 Å². The first-order chi connectivity index (χ1) is 11.6. The Morgan fingerprint density at radius 1 is 1.25 bits per heavy atom. The van der Waals surface area contributed by atoms with Gasteiger partial charge in [0.05, 0.1) is 6.21 Å². The maximum Gasteiger partial charge on any atom is 0.216 e. The quantitative estimate of drug-likeness (QED) is 0.505. The van der Waals surface area contributed by atoms with Crippen LogP contribution in [0.15, 0.2) is 58.1 Å². The molecule has 122 valence electrons. The highest BCUT2D eigenvalue weighted by Crippen LogP contribution is 2.18. The molecule has 0 radical (unpaired) electrons. The predicted molar refractivity (Wildman–Crippen MR) is 100 cm³/mol. The smallest absolute Gasteiger partial charge is 0.216 e. The van der Waals surface area contributed by atoms with Crippen LogP contribution in [-0.4, -0.2) is 21.1 Å². The number of halogens is 1. The van der Waals surface area contributed by atoms with Gasteiger partial charge in [-0.2, -0.15) is 14.9 Å². The van der Waals surface area contributed by atoms with E-state index >= 15 is 0 Å². The van der Waals surface area contributed by atoms with Crippen molar-refractivity contribution in [2.24, 2.45) is 5.10 Å². The second-order valence-corrected chi connectivity index (χ2v) is 6.39. The summed E-state index contributed by atoms with van der Waals surface area (Å²) in [6.07, 6.45) is 1.72. The molecular weight excluding hydrogens is 388 g/mol. The van der Waals surface area contributed by atoms with Crippen LogP contribution in [0.2, 0.25) is 0 Å². The Kier molecular flexibility index (Phi) is 5.22. The van der Waals surface area contributed by atoms with Gasteiger partial charge in [0.15, 0.2) is 0 Å². The van der Waals surface area contributed by atoms with E-state index in [1.807, 2.05) is 55.5 Å². The number of aryl methyl sites for hydroxylation is 1. The summed E-state index contributed by atoms with van der Waals surface area (Å²) >= 11 is 8.57. The third-order valence-electron chi connectivity index (χ3n) is 3.35. The van der Waals surface area contributed by atoms with Gasteiger partial charge in [0.25, 0.3) is 0 Å². The molecule has 0 spiro atoms. The van der Waals surface area contributed by atoms with E-state index in [-0.39, 0.29) is 0 Å². The maximum absolute atomic E-state index is 5.93. The molecule has 0 saturated carbocycles. The largest absolute Gasteiger partial charge is 0.488 e. The molecule has 0 bridgehead atoms. The first kappa shape index (κ1) is 16.6. The molecule has 1 aromatic heterocycles. The van der Waals surface area contributed by atoms with Crippen molar-refractivity contribution in [3.8, 4) is 5.75 Å². The van der Waals surface area contributed by atoms with Crippen LogP contribution in [0.25, 0.3) is 0 Å². The summed E-state index contributed by atoms with van der Waals surface area (Å²) in [5.74, 6) is 1.46. The summed E-state index contributed by atoms with van der Waals surface area (Å²) in [5, 5.41) is 11.1. The summed E-state index contributed by atoms with van der Waals surface area (Å²) in [6, 6.07) is 15.8. The molecule has 0 saturated heterocycles. The van der Waals surface area contributed by atoms with Gasteiger partial charge in [-0.25, -0.2) is 0 Å². The Bertz CT molecular complexity index is 915. The molecule has 7 heteroatoms. The minimum absolute atomic E-state index is 0.456. The van der Waals surface area contributed by atoms with E-state index in [0.29, 0.717) is 17.2 Å². The lowest BCUT2D eigenvalue weighted by Crippen LogP contribution is -1.99.